The summed E-state index contributed by atoms with van der Waals surface area (Å²) in [6, 6.07) is 5.60. The van der Waals surface area contributed by atoms with Gasteiger partial charge in [0.2, 0.25) is 0 Å². The molecule has 1 aliphatic rings. The minimum absolute atomic E-state index is 0.0581. The molecule has 2 N–H and O–H groups in total. The van der Waals surface area contributed by atoms with Crippen molar-refractivity contribution in [2.45, 2.75) is 18.0 Å². The molecule has 1 atom stereocenters. The lowest BCUT2D eigenvalue weighted by Gasteiger charge is -2.30. The van der Waals surface area contributed by atoms with Gasteiger partial charge in [0.25, 0.3) is 5.60 Å². The van der Waals surface area contributed by atoms with Crippen LogP contribution in [0.1, 0.15) is 11.1 Å². The van der Waals surface area contributed by atoms with Crippen LogP contribution < -0.4 is 15.6 Å². The average molecular weight is 578 g/mol. The fourth-order valence-corrected chi connectivity index (χ4v) is 3.89. The molecule has 0 radical (unpaired) electrons. The Bertz CT molecular complexity index is 1190. The summed E-state index contributed by atoms with van der Waals surface area (Å²) in [6.07, 6.45) is -9.99. The fraction of sp³-hybridized carbons (Fsp3) is 0.250. The van der Waals surface area contributed by atoms with E-state index in [1.807, 2.05) is 0 Å². The highest BCUT2D eigenvalue weighted by Gasteiger charge is 2.65. The van der Waals surface area contributed by atoms with Crippen LogP contribution in [0.25, 0.3) is 0 Å². The van der Waals surface area contributed by atoms with Gasteiger partial charge in [-0.15, -0.1) is 0 Å². The number of ether oxygens (including phenoxy) is 1. The highest BCUT2D eigenvalue weighted by atomic mass is 35.5. The lowest BCUT2D eigenvalue weighted by molar-refractivity contribution is -0.250. The third-order valence-corrected chi connectivity index (χ3v) is 5.53. The first-order valence-corrected chi connectivity index (χ1v) is 10.7. The van der Waals surface area contributed by atoms with Gasteiger partial charge in [0.15, 0.2) is 0 Å². The second-order valence-electron chi connectivity index (χ2n) is 7.31. The van der Waals surface area contributed by atoms with Crippen molar-refractivity contribution < 1.29 is 40.7 Å². The van der Waals surface area contributed by atoms with Crippen LogP contribution in [0.15, 0.2) is 41.5 Å². The number of halogens is 9. The zero-order valence-electron chi connectivity index (χ0n) is 17.5. The molecule has 2 aromatic carbocycles. The van der Waals surface area contributed by atoms with E-state index in [9.17, 15) is 35.9 Å². The summed E-state index contributed by atoms with van der Waals surface area (Å²) in [5.41, 5.74) is -1.68. The van der Waals surface area contributed by atoms with Crippen LogP contribution in [0.5, 0.6) is 0 Å². The standard InChI is InChI=1S/C20H13Cl3F6N4O3/c21-12-3-11(4-13(22)5-12)18(20(27,28)29)9-33(17(35)36-18)14-2-1-10(15(23)6-14)7-31-32-16(34)30-8-19(24,25)26/h1-7H,8-9H2,(H2,30,32,34)/b31-7+. The van der Waals surface area contributed by atoms with Crippen molar-refractivity contribution in [2.24, 2.45) is 5.10 Å². The van der Waals surface area contributed by atoms with E-state index in [1.165, 1.54) is 23.5 Å². The molecule has 1 aliphatic heterocycles. The van der Waals surface area contributed by atoms with Gasteiger partial charge in [-0.25, -0.2) is 15.0 Å². The Morgan fingerprint density at radius 3 is 2.28 bits per heavy atom. The van der Waals surface area contributed by atoms with Crippen molar-refractivity contribution in [3.05, 3.63) is 62.6 Å². The average Bonchev–Trinajstić information content (AvgIpc) is 3.11. The lowest BCUT2D eigenvalue weighted by atomic mass is 9.92. The van der Waals surface area contributed by atoms with Crippen LogP contribution in [0.3, 0.4) is 0 Å². The van der Waals surface area contributed by atoms with Crippen LogP contribution in [0.4, 0.5) is 41.6 Å². The number of cyclic esters (lactones) is 1. The number of hydrogen-bond donors (Lipinski definition) is 2. The third-order valence-electron chi connectivity index (χ3n) is 4.76. The van der Waals surface area contributed by atoms with E-state index in [-0.39, 0.29) is 26.3 Å². The molecule has 0 bridgehead atoms. The number of rotatable bonds is 5. The molecule has 194 valence electrons. The molecule has 0 saturated carbocycles. The number of hydrazone groups is 1. The Morgan fingerprint density at radius 2 is 1.72 bits per heavy atom. The summed E-state index contributed by atoms with van der Waals surface area (Å²) < 4.78 is 83.6. The second kappa shape index (κ2) is 10.2. The van der Waals surface area contributed by atoms with Crippen molar-refractivity contribution in [1.29, 1.82) is 0 Å². The Hall–Kier alpha value is -2.90. The maximum absolute atomic E-state index is 14.2. The monoisotopic (exact) mass is 576 g/mol. The first-order chi connectivity index (χ1) is 16.6. The molecular weight excluding hydrogens is 565 g/mol. The maximum atomic E-state index is 14.2. The highest BCUT2D eigenvalue weighted by molar-refractivity contribution is 6.34. The summed E-state index contributed by atoms with van der Waals surface area (Å²) in [4.78, 5) is 24.5. The summed E-state index contributed by atoms with van der Waals surface area (Å²) in [5, 5.41) is 4.68. The predicted molar refractivity (Wildman–Crippen MR) is 120 cm³/mol. The van der Waals surface area contributed by atoms with Crippen molar-refractivity contribution >= 4 is 58.8 Å². The molecule has 36 heavy (non-hydrogen) atoms. The van der Waals surface area contributed by atoms with E-state index in [0.717, 1.165) is 24.4 Å². The van der Waals surface area contributed by atoms with Gasteiger partial charge in [-0.1, -0.05) is 34.8 Å². The van der Waals surface area contributed by atoms with Gasteiger partial charge in [0.1, 0.15) is 6.54 Å². The van der Waals surface area contributed by atoms with E-state index >= 15 is 0 Å². The number of alkyl halides is 6. The molecule has 0 spiro atoms. The molecule has 1 unspecified atom stereocenters. The summed E-state index contributed by atoms with van der Waals surface area (Å²) in [6.45, 7) is -2.55. The fourth-order valence-electron chi connectivity index (χ4n) is 3.14. The van der Waals surface area contributed by atoms with Crippen LogP contribution in [0, 0.1) is 0 Å². The number of carbonyl (C=O) groups excluding carboxylic acids is 2. The number of urea groups is 1. The van der Waals surface area contributed by atoms with Crippen LogP contribution >= 0.6 is 34.8 Å². The van der Waals surface area contributed by atoms with E-state index in [0.29, 0.717) is 4.90 Å². The Morgan fingerprint density at radius 1 is 1.08 bits per heavy atom. The van der Waals surface area contributed by atoms with E-state index in [1.54, 1.807) is 5.43 Å². The SMILES string of the molecule is O=C(NCC(F)(F)F)N/N=C/c1ccc(N2CC(c3cc(Cl)cc(Cl)c3)(C(F)(F)F)OC2=O)cc1Cl. The van der Waals surface area contributed by atoms with E-state index in [4.69, 9.17) is 39.5 Å². The molecule has 3 rings (SSSR count). The lowest BCUT2D eigenvalue weighted by Crippen LogP contribution is -2.46. The van der Waals surface area contributed by atoms with Crippen molar-refractivity contribution in [2.75, 3.05) is 18.0 Å². The summed E-state index contributed by atoms with van der Waals surface area (Å²) in [7, 11) is 0. The van der Waals surface area contributed by atoms with Crippen molar-refractivity contribution in [1.82, 2.24) is 10.7 Å². The molecule has 1 fully saturated rings. The van der Waals surface area contributed by atoms with Gasteiger partial charge in [-0.05, 0) is 36.4 Å². The maximum Gasteiger partial charge on any atom is 0.434 e. The minimum atomic E-state index is -5.04. The van der Waals surface area contributed by atoms with Crippen LogP contribution in [-0.4, -0.2) is 43.8 Å². The molecule has 1 saturated heterocycles. The molecular formula is C20H13Cl3F6N4O3. The van der Waals surface area contributed by atoms with Gasteiger partial charge in [-0.2, -0.15) is 31.4 Å². The molecule has 7 nitrogen and oxygen atoms in total. The van der Waals surface area contributed by atoms with Gasteiger partial charge in [-0.3, -0.25) is 4.90 Å². The first kappa shape index (κ1) is 27.7. The smallest absolute Gasteiger partial charge is 0.426 e. The molecule has 2 aromatic rings. The number of anilines is 1. The molecule has 3 amide bonds. The summed E-state index contributed by atoms with van der Waals surface area (Å²) in [5.74, 6) is 0. The number of hydrogen-bond acceptors (Lipinski definition) is 4. The van der Waals surface area contributed by atoms with Gasteiger partial charge in [0.05, 0.1) is 17.8 Å². The summed E-state index contributed by atoms with van der Waals surface area (Å²) >= 11 is 17.8. The number of nitrogens with zero attached hydrogens (tertiary/aromatic N) is 2. The zero-order chi connectivity index (χ0) is 26.9. The Labute approximate surface area is 213 Å². The first-order valence-electron chi connectivity index (χ1n) is 9.58. The molecule has 1 heterocycles. The number of amides is 3. The van der Waals surface area contributed by atoms with E-state index in [2.05, 4.69) is 5.10 Å². The third kappa shape index (κ3) is 6.26. The van der Waals surface area contributed by atoms with Gasteiger partial charge in [0, 0.05) is 26.9 Å². The molecule has 16 heteroatoms. The number of benzene rings is 2. The zero-order valence-corrected chi connectivity index (χ0v) is 19.7. The Balaban J connectivity index is 1.80. The quantitative estimate of drug-likeness (QED) is 0.250. The Kier molecular flexibility index (Phi) is 7.86. The second-order valence-corrected chi connectivity index (χ2v) is 8.59. The van der Waals surface area contributed by atoms with Crippen LogP contribution in [0.2, 0.25) is 15.1 Å². The van der Waals surface area contributed by atoms with Crippen LogP contribution in [-0.2, 0) is 10.3 Å². The molecule has 0 aromatic heterocycles. The minimum Gasteiger partial charge on any atom is -0.426 e. The molecule has 0 aliphatic carbocycles. The largest absolute Gasteiger partial charge is 0.434 e. The highest BCUT2D eigenvalue weighted by Crippen LogP contribution is 2.48. The van der Waals surface area contributed by atoms with Gasteiger partial charge < -0.3 is 10.1 Å². The topological polar surface area (TPSA) is 83.0 Å². The van der Waals surface area contributed by atoms with Crippen molar-refractivity contribution in [3.63, 3.8) is 0 Å². The van der Waals surface area contributed by atoms with Crippen molar-refractivity contribution in [3.8, 4) is 0 Å². The number of carbonyl (C=O) groups is 2. The predicted octanol–water partition coefficient (Wildman–Crippen LogP) is 6.26. The van der Waals surface area contributed by atoms with Gasteiger partial charge >= 0.3 is 24.5 Å². The normalized spacial score (nSPS) is 18.5. The van der Waals surface area contributed by atoms with E-state index < -0.39 is 48.7 Å². The number of nitrogens with one attached hydrogen (secondary N) is 2.